The summed E-state index contributed by atoms with van der Waals surface area (Å²) in [7, 11) is 0. The Hall–Kier alpha value is -1.51. The average Bonchev–Trinajstić information content (AvgIpc) is 2.32. The number of halogens is 1. The van der Waals surface area contributed by atoms with Crippen molar-refractivity contribution in [3.8, 4) is 11.5 Å². The van der Waals surface area contributed by atoms with Crippen molar-refractivity contribution in [1.82, 2.24) is 0 Å². The Kier molecular flexibility index (Phi) is 3.67. The second kappa shape index (κ2) is 5.21. The van der Waals surface area contributed by atoms with Gasteiger partial charge in [0, 0.05) is 5.56 Å². The van der Waals surface area contributed by atoms with E-state index in [1.165, 1.54) is 0 Å². The summed E-state index contributed by atoms with van der Waals surface area (Å²) in [6.07, 6.45) is -0.575. The number of aliphatic hydroxyl groups excluding tert-OH is 1. The molecule has 2 aromatic rings. The Bertz CT molecular complexity index is 509. The zero-order valence-electron chi connectivity index (χ0n) is 9.43. The van der Waals surface area contributed by atoms with E-state index < -0.39 is 6.10 Å². The first-order valence-electron chi connectivity index (χ1n) is 5.38. The van der Waals surface area contributed by atoms with Crippen LogP contribution in [0.5, 0.6) is 11.5 Å². The first kappa shape index (κ1) is 12.0. The Morgan fingerprint density at radius 1 is 1.00 bits per heavy atom. The van der Waals surface area contributed by atoms with Crippen LogP contribution in [0.2, 0.25) is 5.02 Å². The van der Waals surface area contributed by atoms with Gasteiger partial charge >= 0.3 is 0 Å². The highest BCUT2D eigenvalue weighted by atomic mass is 35.5. The molecule has 0 aromatic heterocycles. The topological polar surface area (TPSA) is 29.5 Å². The minimum absolute atomic E-state index is 0.549. The zero-order valence-corrected chi connectivity index (χ0v) is 10.2. The van der Waals surface area contributed by atoms with Crippen LogP contribution in [-0.2, 0) is 0 Å². The SMILES string of the molecule is C[C@@H](O)c1ccccc1Oc1ccccc1Cl. The molecule has 0 saturated carbocycles. The third kappa shape index (κ3) is 2.78. The molecule has 0 fully saturated rings. The van der Waals surface area contributed by atoms with Gasteiger partial charge in [0.2, 0.25) is 0 Å². The van der Waals surface area contributed by atoms with Gasteiger partial charge in [-0.05, 0) is 25.1 Å². The molecule has 0 saturated heterocycles. The van der Waals surface area contributed by atoms with E-state index >= 15 is 0 Å². The number of aliphatic hydroxyl groups is 1. The van der Waals surface area contributed by atoms with Gasteiger partial charge in [-0.1, -0.05) is 41.9 Å². The van der Waals surface area contributed by atoms with Gasteiger partial charge < -0.3 is 9.84 Å². The molecule has 0 unspecified atom stereocenters. The van der Waals surface area contributed by atoms with E-state index in [-0.39, 0.29) is 0 Å². The lowest BCUT2D eigenvalue weighted by atomic mass is 10.1. The molecule has 0 aliphatic heterocycles. The van der Waals surface area contributed by atoms with Gasteiger partial charge in [-0.25, -0.2) is 0 Å². The maximum Gasteiger partial charge on any atom is 0.146 e. The fraction of sp³-hybridized carbons (Fsp3) is 0.143. The lowest BCUT2D eigenvalue weighted by Gasteiger charge is -2.13. The average molecular weight is 249 g/mol. The minimum Gasteiger partial charge on any atom is -0.455 e. The van der Waals surface area contributed by atoms with Gasteiger partial charge in [0.25, 0.3) is 0 Å². The van der Waals surface area contributed by atoms with E-state index in [9.17, 15) is 5.11 Å². The molecule has 0 amide bonds. The van der Waals surface area contributed by atoms with Crippen molar-refractivity contribution in [3.63, 3.8) is 0 Å². The summed E-state index contributed by atoms with van der Waals surface area (Å²) in [6, 6.07) is 14.6. The van der Waals surface area contributed by atoms with E-state index in [2.05, 4.69) is 0 Å². The van der Waals surface area contributed by atoms with Crippen LogP contribution in [0.15, 0.2) is 48.5 Å². The second-order valence-corrected chi connectivity index (χ2v) is 4.15. The van der Waals surface area contributed by atoms with Gasteiger partial charge in [0.15, 0.2) is 0 Å². The monoisotopic (exact) mass is 248 g/mol. The molecule has 0 spiro atoms. The smallest absolute Gasteiger partial charge is 0.146 e. The molecule has 2 nitrogen and oxygen atoms in total. The Labute approximate surface area is 105 Å². The Morgan fingerprint density at radius 3 is 2.24 bits per heavy atom. The number of hydrogen-bond acceptors (Lipinski definition) is 2. The lowest BCUT2D eigenvalue weighted by molar-refractivity contribution is 0.195. The summed E-state index contributed by atoms with van der Waals surface area (Å²) < 4.78 is 5.71. The predicted octanol–water partition coefficient (Wildman–Crippen LogP) is 4.19. The van der Waals surface area contributed by atoms with Crippen molar-refractivity contribution < 1.29 is 9.84 Å². The van der Waals surface area contributed by atoms with Crippen LogP contribution in [0.4, 0.5) is 0 Å². The fourth-order valence-electron chi connectivity index (χ4n) is 1.56. The fourth-order valence-corrected chi connectivity index (χ4v) is 1.74. The number of rotatable bonds is 3. The molecule has 0 bridgehead atoms. The summed E-state index contributed by atoms with van der Waals surface area (Å²) >= 11 is 6.02. The highest BCUT2D eigenvalue weighted by Crippen LogP contribution is 2.32. The molecule has 0 aliphatic carbocycles. The lowest BCUT2D eigenvalue weighted by Crippen LogP contribution is -1.95. The van der Waals surface area contributed by atoms with Crippen molar-refractivity contribution in [2.24, 2.45) is 0 Å². The first-order valence-corrected chi connectivity index (χ1v) is 5.75. The summed E-state index contributed by atoms with van der Waals surface area (Å²) in [6.45, 7) is 1.70. The van der Waals surface area contributed by atoms with E-state index in [4.69, 9.17) is 16.3 Å². The maximum absolute atomic E-state index is 9.64. The normalized spacial score (nSPS) is 12.2. The quantitative estimate of drug-likeness (QED) is 0.883. The number of benzene rings is 2. The van der Waals surface area contributed by atoms with Crippen molar-refractivity contribution in [2.45, 2.75) is 13.0 Å². The Morgan fingerprint density at radius 2 is 1.59 bits per heavy atom. The number of hydrogen-bond donors (Lipinski definition) is 1. The molecular weight excluding hydrogens is 236 g/mol. The minimum atomic E-state index is -0.575. The molecule has 1 atom stereocenters. The zero-order chi connectivity index (χ0) is 12.3. The molecule has 2 rings (SSSR count). The van der Waals surface area contributed by atoms with Gasteiger partial charge in [-0.15, -0.1) is 0 Å². The molecular formula is C14H13ClO2. The molecule has 1 N–H and O–H groups in total. The van der Waals surface area contributed by atoms with Crippen LogP contribution in [0.1, 0.15) is 18.6 Å². The highest BCUT2D eigenvalue weighted by molar-refractivity contribution is 6.32. The summed E-state index contributed by atoms with van der Waals surface area (Å²) in [5.74, 6) is 1.21. The molecule has 17 heavy (non-hydrogen) atoms. The standard InChI is InChI=1S/C14H13ClO2/c1-10(16)11-6-2-4-8-13(11)17-14-9-5-3-7-12(14)15/h2-10,16H,1H3/t10-/m1/s1. The molecule has 88 valence electrons. The van der Waals surface area contributed by atoms with Crippen LogP contribution >= 0.6 is 11.6 Å². The van der Waals surface area contributed by atoms with Crippen molar-refractivity contribution in [2.75, 3.05) is 0 Å². The highest BCUT2D eigenvalue weighted by Gasteiger charge is 2.10. The van der Waals surface area contributed by atoms with E-state index in [1.807, 2.05) is 36.4 Å². The molecule has 0 radical (unpaired) electrons. The maximum atomic E-state index is 9.64. The molecule has 3 heteroatoms. The van der Waals surface area contributed by atoms with Crippen molar-refractivity contribution in [3.05, 3.63) is 59.1 Å². The second-order valence-electron chi connectivity index (χ2n) is 3.75. The van der Waals surface area contributed by atoms with Gasteiger partial charge in [-0.2, -0.15) is 0 Å². The largest absolute Gasteiger partial charge is 0.455 e. The van der Waals surface area contributed by atoms with Crippen LogP contribution < -0.4 is 4.74 Å². The van der Waals surface area contributed by atoms with Gasteiger partial charge in [0.05, 0.1) is 11.1 Å². The third-order valence-corrected chi connectivity index (χ3v) is 2.74. The van der Waals surface area contributed by atoms with Crippen molar-refractivity contribution in [1.29, 1.82) is 0 Å². The van der Waals surface area contributed by atoms with Crippen LogP contribution in [0, 0.1) is 0 Å². The van der Waals surface area contributed by atoms with Crippen LogP contribution in [-0.4, -0.2) is 5.11 Å². The third-order valence-electron chi connectivity index (χ3n) is 2.43. The van der Waals surface area contributed by atoms with E-state index in [0.717, 1.165) is 5.56 Å². The molecule has 2 aromatic carbocycles. The number of para-hydroxylation sites is 2. The summed E-state index contributed by atoms with van der Waals surface area (Å²) in [4.78, 5) is 0. The van der Waals surface area contributed by atoms with E-state index in [0.29, 0.717) is 16.5 Å². The summed E-state index contributed by atoms with van der Waals surface area (Å²) in [5, 5.41) is 10.2. The number of ether oxygens (including phenoxy) is 1. The Balaban J connectivity index is 2.34. The molecule has 0 aliphatic rings. The predicted molar refractivity (Wildman–Crippen MR) is 68.6 cm³/mol. The van der Waals surface area contributed by atoms with Crippen LogP contribution in [0.3, 0.4) is 0 Å². The summed E-state index contributed by atoms with van der Waals surface area (Å²) in [5.41, 5.74) is 0.743. The van der Waals surface area contributed by atoms with E-state index in [1.54, 1.807) is 19.1 Å². The van der Waals surface area contributed by atoms with Crippen LogP contribution in [0.25, 0.3) is 0 Å². The van der Waals surface area contributed by atoms with Gasteiger partial charge in [-0.3, -0.25) is 0 Å². The molecule has 0 heterocycles. The van der Waals surface area contributed by atoms with Crippen molar-refractivity contribution >= 4 is 11.6 Å². The first-order chi connectivity index (χ1) is 8.18. The van der Waals surface area contributed by atoms with Gasteiger partial charge in [0.1, 0.15) is 11.5 Å².